The fourth-order valence-electron chi connectivity index (χ4n) is 2.99. The highest BCUT2D eigenvalue weighted by atomic mass is 35.5. The zero-order valence-electron chi connectivity index (χ0n) is 17.2. The highest BCUT2D eigenvalue weighted by molar-refractivity contribution is 7.89. The standard InChI is InChI=1S/C23H23ClN2O4S/c1-17-8-9-19(24)14-22(17)25-23(27)16-26(15-18-6-4-3-5-7-18)31(28,29)21-12-10-20(30-2)11-13-21/h3-14H,15-16H2,1-2H3,(H,25,27). The van der Waals surface area contributed by atoms with Gasteiger partial charge in [0, 0.05) is 17.3 Å². The molecule has 6 nitrogen and oxygen atoms in total. The molecule has 0 spiro atoms. The van der Waals surface area contributed by atoms with Gasteiger partial charge in [-0.15, -0.1) is 0 Å². The van der Waals surface area contributed by atoms with Crippen molar-refractivity contribution in [1.82, 2.24) is 4.31 Å². The summed E-state index contributed by atoms with van der Waals surface area (Å²) in [6.07, 6.45) is 0. The van der Waals surface area contributed by atoms with Gasteiger partial charge in [-0.25, -0.2) is 8.42 Å². The summed E-state index contributed by atoms with van der Waals surface area (Å²) in [5.74, 6) is 0.0844. The number of sulfonamides is 1. The lowest BCUT2D eigenvalue weighted by molar-refractivity contribution is -0.116. The Labute approximate surface area is 187 Å². The smallest absolute Gasteiger partial charge is 0.243 e. The molecule has 31 heavy (non-hydrogen) atoms. The Kier molecular flexibility index (Phi) is 7.33. The van der Waals surface area contributed by atoms with Crippen molar-refractivity contribution in [3.05, 3.63) is 88.9 Å². The largest absolute Gasteiger partial charge is 0.497 e. The van der Waals surface area contributed by atoms with Crippen LogP contribution in [0.1, 0.15) is 11.1 Å². The lowest BCUT2D eigenvalue weighted by Gasteiger charge is -2.22. The molecule has 3 rings (SSSR count). The van der Waals surface area contributed by atoms with Gasteiger partial charge in [-0.05, 0) is 54.4 Å². The van der Waals surface area contributed by atoms with Gasteiger partial charge in [0.2, 0.25) is 15.9 Å². The number of hydrogen-bond donors (Lipinski definition) is 1. The van der Waals surface area contributed by atoms with E-state index >= 15 is 0 Å². The first-order valence-corrected chi connectivity index (χ1v) is 11.4. The number of halogens is 1. The first-order chi connectivity index (χ1) is 14.8. The van der Waals surface area contributed by atoms with Gasteiger partial charge in [-0.1, -0.05) is 48.0 Å². The number of rotatable bonds is 8. The molecule has 162 valence electrons. The topological polar surface area (TPSA) is 75.7 Å². The number of aryl methyl sites for hydroxylation is 1. The van der Waals surface area contributed by atoms with E-state index in [0.717, 1.165) is 15.4 Å². The average molecular weight is 459 g/mol. The van der Waals surface area contributed by atoms with E-state index in [4.69, 9.17) is 16.3 Å². The van der Waals surface area contributed by atoms with Crippen LogP contribution in [0.2, 0.25) is 5.02 Å². The predicted molar refractivity (Wildman–Crippen MR) is 122 cm³/mol. The van der Waals surface area contributed by atoms with Crippen LogP contribution in [0.3, 0.4) is 0 Å². The molecule has 0 aromatic heterocycles. The van der Waals surface area contributed by atoms with Crippen molar-refractivity contribution in [2.45, 2.75) is 18.4 Å². The molecule has 0 atom stereocenters. The maximum Gasteiger partial charge on any atom is 0.243 e. The van der Waals surface area contributed by atoms with E-state index < -0.39 is 15.9 Å². The Hall–Kier alpha value is -2.87. The molecule has 0 bridgehead atoms. The van der Waals surface area contributed by atoms with Crippen LogP contribution in [-0.4, -0.2) is 32.3 Å². The van der Waals surface area contributed by atoms with Crippen LogP contribution in [0, 0.1) is 6.92 Å². The average Bonchev–Trinajstić information content (AvgIpc) is 2.76. The van der Waals surface area contributed by atoms with E-state index in [1.165, 1.54) is 19.2 Å². The summed E-state index contributed by atoms with van der Waals surface area (Å²) >= 11 is 6.02. The molecule has 0 aliphatic rings. The molecule has 1 N–H and O–H groups in total. The van der Waals surface area contributed by atoms with E-state index in [-0.39, 0.29) is 18.0 Å². The summed E-state index contributed by atoms with van der Waals surface area (Å²) in [5.41, 5.74) is 2.13. The van der Waals surface area contributed by atoms with Crippen LogP contribution in [0.25, 0.3) is 0 Å². The number of anilines is 1. The van der Waals surface area contributed by atoms with Crippen molar-refractivity contribution in [1.29, 1.82) is 0 Å². The minimum absolute atomic E-state index is 0.0527. The van der Waals surface area contributed by atoms with Gasteiger partial charge in [0.25, 0.3) is 0 Å². The number of methoxy groups -OCH3 is 1. The van der Waals surface area contributed by atoms with E-state index in [1.54, 1.807) is 30.3 Å². The van der Waals surface area contributed by atoms with E-state index in [0.29, 0.717) is 16.5 Å². The van der Waals surface area contributed by atoms with Gasteiger partial charge in [-0.3, -0.25) is 4.79 Å². The second-order valence-corrected chi connectivity index (χ2v) is 9.32. The first kappa shape index (κ1) is 22.8. The fourth-order valence-corrected chi connectivity index (χ4v) is 4.54. The quantitative estimate of drug-likeness (QED) is 0.539. The molecule has 8 heteroatoms. The van der Waals surface area contributed by atoms with Crippen molar-refractivity contribution >= 4 is 33.2 Å². The second-order valence-electron chi connectivity index (χ2n) is 6.94. The van der Waals surface area contributed by atoms with E-state index in [1.807, 2.05) is 37.3 Å². The van der Waals surface area contributed by atoms with Gasteiger partial charge >= 0.3 is 0 Å². The number of amides is 1. The summed E-state index contributed by atoms with van der Waals surface area (Å²) in [5, 5.41) is 3.24. The van der Waals surface area contributed by atoms with E-state index in [9.17, 15) is 13.2 Å². The summed E-state index contributed by atoms with van der Waals surface area (Å²) in [6, 6.07) is 20.3. The molecule has 1 amide bonds. The monoisotopic (exact) mass is 458 g/mol. The van der Waals surface area contributed by atoms with Gasteiger partial charge in [0.15, 0.2) is 0 Å². The molecule has 3 aromatic carbocycles. The summed E-state index contributed by atoms with van der Waals surface area (Å²) < 4.78 is 32.9. The molecule has 0 fully saturated rings. The summed E-state index contributed by atoms with van der Waals surface area (Å²) in [7, 11) is -2.43. The van der Waals surface area contributed by atoms with Crippen LogP contribution < -0.4 is 10.1 Å². The maximum atomic E-state index is 13.3. The third-order valence-corrected chi connectivity index (χ3v) is 6.73. The number of carbonyl (C=O) groups is 1. The third-order valence-electron chi connectivity index (χ3n) is 4.69. The molecular formula is C23H23ClN2O4S. The molecule has 0 unspecified atom stereocenters. The normalized spacial score (nSPS) is 11.4. The maximum absolute atomic E-state index is 13.3. The molecule has 0 aliphatic heterocycles. The van der Waals surface area contributed by atoms with Crippen LogP contribution in [-0.2, 0) is 21.4 Å². The third kappa shape index (κ3) is 5.85. The summed E-state index contributed by atoms with van der Waals surface area (Å²) in [4.78, 5) is 12.9. The number of benzene rings is 3. The highest BCUT2D eigenvalue weighted by Gasteiger charge is 2.27. The van der Waals surface area contributed by atoms with Crippen LogP contribution in [0.4, 0.5) is 5.69 Å². The predicted octanol–water partition coefficient (Wildman–Crippen LogP) is 4.49. The minimum Gasteiger partial charge on any atom is -0.497 e. The Morgan fingerprint density at radius 1 is 1.03 bits per heavy atom. The Balaban J connectivity index is 1.88. The van der Waals surface area contributed by atoms with Gasteiger partial charge < -0.3 is 10.1 Å². The zero-order chi connectivity index (χ0) is 22.4. The molecule has 3 aromatic rings. The number of carbonyl (C=O) groups excluding carboxylic acids is 1. The Morgan fingerprint density at radius 2 is 1.71 bits per heavy atom. The van der Waals surface area contributed by atoms with Crippen molar-refractivity contribution in [3.63, 3.8) is 0 Å². The van der Waals surface area contributed by atoms with Crippen molar-refractivity contribution < 1.29 is 17.9 Å². The first-order valence-electron chi connectivity index (χ1n) is 9.54. The lowest BCUT2D eigenvalue weighted by Crippen LogP contribution is -2.37. The number of nitrogens with one attached hydrogen (secondary N) is 1. The molecule has 0 saturated heterocycles. The Morgan fingerprint density at radius 3 is 2.35 bits per heavy atom. The lowest BCUT2D eigenvalue weighted by atomic mass is 10.2. The molecule has 0 heterocycles. The molecule has 0 saturated carbocycles. The number of ether oxygens (including phenoxy) is 1. The SMILES string of the molecule is COc1ccc(S(=O)(=O)N(CC(=O)Nc2cc(Cl)ccc2C)Cc2ccccc2)cc1. The van der Waals surface area contributed by atoms with Gasteiger partial charge in [0.05, 0.1) is 18.6 Å². The van der Waals surface area contributed by atoms with Gasteiger partial charge in [-0.2, -0.15) is 4.31 Å². The van der Waals surface area contributed by atoms with Crippen LogP contribution >= 0.6 is 11.6 Å². The van der Waals surface area contributed by atoms with Gasteiger partial charge in [0.1, 0.15) is 5.75 Å². The minimum atomic E-state index is -3.94. The van der Waals surface area contributed by atoms with Crippen LogP contribution in [0.5, 0.6) is 5.75 Å². The summed E-state index contributed by atoms with van der Waals surface area (Å²) in [6.45, 7) is 1.54. The van der Waals surface area contributed by atoms with Crippen molar-refractivity contribution in [2.24, 2.45) is 0 Å². The zero-order valence-corrected chi connectivity index (χ0v) is 18.8. The van der Waals surface area contributed by atoms with E-state index in [2.05, 4.69) is 5.32 Å². The molecule has 0 radical (unpaired) electrons. The Bertz CT molecular complexity index is 1150. The van der Waals surface area contributed by atoms with Crippen LogP contribution in [0.15, 0.2) is 77.7 Å². The fraction of sp³-hybridized carbons (Fsp3) is 0.174. The molecule has 0 aliphatic carbocycles. The highest BCUT2D eigenvalue weighted by Crippen LogP contribution is 2.23. The number of hydrogen-bond acceptors (Lipinski definition) is 4. The second kappa shape index (κ2) is 9.96. The van der Waals surface area contributed by atoms with Crippen molar-refractivity contribution in [3.8, 4) is 5.75 Å². The number of nitrogens with zero attached hydrogens (tertiary/aromatic N) is 1. The van der Waals surface area contributed by atoms with Crippen molar-refractivity contribution in [2.75, 3.05) is 19.0 Å². The molecular weight excluding hydrogens is 436 g/mol.